The molecule has 1 aliphatic heterocycles. The van der Waals surface area contributed by atoms with Gasteiger partial charge in [0.15, 0.2) is 0 Å². The Balaban J connectivity index is 2.54. The van der Waals surface area contributed by atoms with Gasteiger partial charge in [0, 0.05) is 19.1 Å². The van der Waals surface area contributed by atoms with Crippen molar-refractivity contribution in [1.29, 1.82) is 0 Å². The molecule has 0 saturated carbocycles. The molecule has 4 nitrogen and oxygen atoms in total. The first-order chi connectivity index (χ1) is 8.11. The third kappa shape index (κ3) is 3.68. The van der Waals surface area contributed by atoms with E-state index in [4.69, 9.17) is 4.74 Å². The Morgan fingerprint density at radius 1 is 1.47 bits per heavy atom. The fourth-order valence-electron chi connectivity index (χ4n) is 2.08. The molecular formula is C13H26N2O2. The van der Waals surface area contributed by atoms with Gasteiger partial charge in [-0.3, -0.25) is 4.79 Å². The van der Waals surface area contributed by atoms with Gasteiger partial charge < -0.3 is 15.0 Å². The van der Waals surface area contributed by atoms with Crippen LogP contribution >= 0.6 is 0 Å². The van der Waals surface area contributed by atoms with Gasteiger partial charge in [-0.05, 0) is 26.3 Å². The van der Waals surface area contributed by atoms with Crippen molar-refractivity contribution in [3.05, 3.63) is 0 Å². The van der Waals surface area contributed by atoms with E-state index in [0.717, 1.165) is 19.4 Å². The Bertz CT molecular complexity index is 246. The highest BCUT2D eigenvalue weighted by atomic mass is 16.5. The molecule has 0 aliphatic carbocycles. The van der Waals surface area contributed by atoms with E-state index in [1.807, 2.05) is 11.9 Å². The van der Waals surface area contributed by atoms with E-state index in [1.54, 1.807) is 0 Å². The Hall–Kier alpha value is -0.610. The molecule has 1 aliphatic rings. The molecule has 0 spiro atoms. The van der Waals surface area contributed by atoms with Crippen LogP contribution < -0.4 is 5.32 Å². The van der Waals surface area contributed by atoms with E-state index < -0.39 is 0 Å². The molecule has 17 heavy (non-hydrogen) atoms. The zero-order chi connectivity index (χ0) is 12.8. The van der Waals surface area contributed by atoms with Crippen LogP contribution in [0, 0.1) is 5.92 Å². The molecule has 3 atom stereocenters. The van der Waals surface area contributed by atoms with Crippen molar-refractivity contribution in [2.45, 2.75) is 45.7 Å². The lowest BCUT2D eigenvalue weighted by Gasteiger charge is -2.28. The monoisotopic (exact) mass is 242 g/mol. The average molecular weight is 242 g/mol. The summed E-state index contributed by atoms with van der Waals surface area (Å²) in [6.07, 6.45) is 2.07. The fourth-order valence-corrected chi connectivity index (χ4v) is 2.08. The predicted octanol–water partition coefficient (Wildman–Crippen LogP) is 1.26. The van der Waals surface area contributed by atoms with Gasteiger partial charge in [0.1, 0.15) is 0 Å². The lowest BCUT2D eigenvalue weighted by Crippen LogP contribution is -2.47. The molecule has 1 N–H and O–H groups in total. The first-order valence-electron chi connectivity index (χ1n) is 6.69. The normalized spacial score (nSPS) is 25.9. The van der Waals surface area contributed by atoms with E-state index in [1.165, 1.54) is 0 Å². The highest BCUT2D eigenvalue weighted by molar-refractivity contribution is 5.80. The molecule has 0 aromatic carbocycles. The van der Waals surface area contributed by atoms with Crippen LogP contribution in [0.4, 0.5) is 0 Å². The molecule has 1 fully saturated rings. The summed E-state index contributed by atoms with van der Waals surface area (Å²) < 4.78 is 5.44. The molecule has 0 bridgehead atoms. The third-order valence-electron chi connectivity index (χ3n) is 3.65. The largest absolute Gasteiger partial charge is 0.379 e. The van der Waals surface area contributed by atoms with E-state index in [9.17, 15) is 4.79 Å². The maximum Gasteiger partial charge on any atom is 0.229 e. The molecule has 0 aromatic heterocycles. The van der Waals surface area contributed by atoms with E-state index >= 15 is 0 Å². The number of carbonyl (C=O) groups excluding carboxylic acids is 1. The second kappa shape index (κ2) is 6.97. The summed E-state index contributed by atoms with van der Waals surface area (Å²) in [5.74, 6) is 0.200. The Labute approximate surface area is 105 Å². The van der Waals surface area contributed by atoms with Crippen molar-refractivity contribution >= 4 is 5.91 Å². The summed E-state index contributed by atoms with van der Waals surface area (Å²) >= 11 is 0. The van der Waals surface area contributed by atoms with Crippen LogP contribution in [0.3, 0.4) is 0 Å². The number of rotatable bonds is 6. The van der Waals surface area contributed by atoms with Crippen LogP contribution in [-0.4, -0.2) is 49.7 Å². The average Bonchev–Trinajstić information content (AvgIpc) is 2.81. The predicted molar refractivity (Wildman–Crippen MR) is 68.9 cm³/mol. The molecule has 4 heteroatoms. The summed E-state index contributed by atoms with van der Waals surface area (Å²) in [4.78, 5) is 14.2. The van der Waals surface area contributed by atoms with Crippen LogP contribution in [0.2, 0.25) is 0 Å². The number of hydrogen-bond acceptors (Lipinski definition) is 3. The minimum absolute atomic E-state index is 0.0134. The van der Waals surface area contributed by atoms with Gasteiger partial charge in [-0.2, -0.15) is 0 Å². The summed E-state index contributed by atoms with van der Waals surface area (Å²) in [7, 11) is 1.89. The van der Waals surface area contributed by atoms with Gasteiger partial charge in [-0.1, -0.05) is 13.8 Å². The molecular weight excluding hydrogens is 216 g/mol. The van der Waals surface area contributed by atoms with Gasteiger partial charge in [0.25, 0.3) is 0 Å². The third-order valence-corrected chi connectivity index (χ3v) is 3.65. The molecule has 1 amide bonds. The lowest BCUT2D eigenvalue weighted by atomic mass is 10.0. The summed E-state index contributed by atoms with van der Waals surface area (Å²) in [5, 5.41) is 3.40. The highest BCUT2D eigenvalue weighted by Crippen LogP contribution is 2.18. The van der Waals surface area contributed by atoms with E-state index in [-0.39, 0.29) is 17.9 Å². The molecule has 3 unspecified atom stereocenters. The second-order valence-electron chi connectivity index (χ2n) is 4.91. The zero-order valence-electron chi connectivity index (χ0n) is 11.5. The van der Waals surface area contributed by atoms with Crippen LogP contribution in [0.25, 0.3) is 0 Å². The van der Waals surface area contributed by atoms with Gasteiger partial charge in [-0.25, -0.2) is 0 Å². The van der Waals surface area contributed by atoms with Gasteiger partial charge in [-0.15, -0.1) is 0 Å². The highest BCUT2D eigenvalue weighted by Gasteiger charge is 2.35. The van der Waals surface area contributed by atoms with Crippen LogP contribution in [0.1, 0.15) is 33.6 Å². The van der Waals surface area contributed by atoms with Crippen molar-refractivity contribution in [2.24, 2.45) is 5.92 Å². The number of hydrogen-bond donors (Lipinski definition) is 1. The lowest BCUT2D eigenvalue weighted by molar-refractivity contribution is -0.136. The Kier molecular flexibility index (Phi) is 5.92. The quantitative estimate of drug-likeness (QED) is 0.762. The SMILES string of the molecule is CCCNC1COCC1C(=O)N(C)C(C)CC. The minimum atomic E-state index is -0.0134. The topological polar surface area (TPSA) is 41.6 Å². The Morgan fingerprint density at radius 2 is 2.18 bits per heavy atom. The number of amides is 1. The molecule has 1 saturated heterocycles. The number of carbonyl (C=O) groups is 1. The van der Waals surface area contributed by atoms with E-state index in [2.05, 4.69) is 26.1 Å². The van der Waals surface area contributed by atoms with Crippen molar-refractivity contribution in [1.82, 2.24) is 10.2 Å². The fraction of sp³-hybridized carbons (Fsp3) is 0.923. The van der Waals surface area contributed by atoms with Gasteiger partial charge >= 0.3 is 0 Å². The van der Waals surface area contributed by atoms with Crippen molar-refractivity contribution in [2.75, 3.05) is 26.8 Å². The summed E-state index contributed by atoms with van der Waals surface area (Å²) in [6, 6.07) is 0.490. The van der Waals surface area contributed by atoms with Gasteiger partial charge in [0.2, 0.25) is 5.91 Å². The van der Waals surface area contributed by atoms with Gasteiger partial charge in [0.05, 0.1) is 19.1 Å². The standard InChI is InChI=1S/C13H26N2O2/c1-5-7-14-12-9-17-8-11(12)13(16)15(4)10(3)6-2/h10-12,14H,5-9H2,1-4H3. The van der Waals surface area contributed by atoms with Crippen LogP contribution in [0.15, 0.2) is 0 Å². The first-order valence-corrected chi connectivity index (χ1v) is 6.69. The summed E-state index contributed by atoms with van der Waals surface area (Å²) in [5.41, 5.74) is 0. The minimum Gasteiger partial charge on any atom is -0.379 e. The smallest absolute Gasteiger partial charge is 0.229 e. The van der Waals surface area contributed by atoms with Crippen LogP contribution in [0.5, 0.6) is 0 Å². The van der Waals surface area contributed by atoms with Crippen molar-refractivity contribution in [3.63, 3.8) is 0 Å². The van der Waals surface area contributed by atoms with Crippen LogP contribution in [-0.2, 0) is 9.53 Å². The summed E-state index contributed by atoms with van der Waals surface area (Å²) in [6.45, 7) is 8.48. The maximum absolute atomic E-state index is 12.3. The molecule has 0 radical (unpaired) electrons. The number of nitrogens with zero attached hydrogens (tertiary/aromatic N) is 1. The molecule has 1 heterocycles. The van der Waals surface area contributed by atoms with Crippen molar-refractivity contribution < 1.29 is 9.53 Å². The second-order valence-corrected chi connectivity index (χ2v) is 4.91. The molecule has 0 aromatic rings. The van der Waals surface area contributed by atoms with E-state index in [0.29, 0.717) is 19.3 Å². The number of nitrogens with one attached hydrogen (secondary N) is 1. The Morgan fingerprint density at radius 3 is 2.76 bits per heavy atom. The molecule has 100 valence electrons. The zero-order valence-corrected chi connectivity index (χ0v) is 11.5. The first kappa shape index (κ1) is 14.5. The van der Waals surface area contributed by atoms with Crippen molar-refractivity contribution in [3.8, 4) is 0 Å². The number of ether oxygens (including phenoxy) is 1. The maximum atomic E-state index is 12.3. The molecule has 1 rings (SSSR count).